The smallest absolute Gasteiger partial charge is 0.392 e. The van der Waals surface area contributed by atoms with Crippen LogP contribution in [-0.4, -0.2) is 57.0 Å². The standard InChI is InChI=1S/C10H6F13NO3S/c1-3-4(25)27-9(20,21)8(18,19)24(2)28(26)10(22,23)6(13,14)5(11,12)7(15,16)17/h3H,1H2,2H3. The molecule has 0 aliphatic carbocycles. The van der Waals surface area contributed by atoms with Crippen molar-refractivity contribution in [1.29, 1.82) is 0 Å². The summed E-state index contributed by atoms with van der Waals surface area (Å²) in [5.74, 6) is -17.5. The normalized spacial score (nSPS) is 16.1. The number of hydrogen-bond donors (Lipinski definition) is 0. The van der Waals surface area contributed by atoms with Crippen LogP contribution in [0.2, 0.25) is 0 Å². The number of ether oxygens (including phenoxy) is 1. The molecule has 1 unspecified atom stereocenters. The third-order valence-electron chi connectivity index (χ3n) is 2.73. The van der Waals surface area contributed by atoms with E-state index in [0.717, 1.165) is 0 Å². The summed E-state index contributed by atoms with van der Waals surface area (Å²) in [5, 5.41) is -7.15. The quantitative estimate of drug-likeness (QED) is 0.235. The van der Waals surface area contributed by atoms with Gasteiger partial charge < -0.3 is 4.74 Å². The monoisotopic (exact) mass is 467 g/mol. The molecule has 0 radical (unpaired) electrons. The summed E-state index contributed by atoms with van der Waals surface area (Å²) in [5.41, 5.74) is 0. The number of nitrogens with zero attached hydrogens (tertiary/aromatic N) is 1. The van der Waals surface area contributed by atoms with Gasteiger partial charge in [-0.25, -0.2) is 9.00 Å². The van der Waals surface area contributed by atoms with Crippen LogP contribution in [0.3, 0.4) is 0 Å². The second-order valence-corrected chi connectivity index (χ2v) is 6.15. The second-order valence-electron chi connectivity index (χ2n) is 4.59. The summed E-state index contributed by atoms with van der Waals surface area (Å²) in [4.78, 5) is 10.5. The fourth-order valence-electron chi connectivity index (χ4n) is 1.16. The predicted octanol–water partition coefficient (Wildman–Crippen LogP) is 3.92. The van der Waals surface area contributed by atoms with Crippen molar-refractivity contribution in [3.63, 3.8) is 0 Å². The third-order valence-corrected chi connectivity index (χ3v) is 4.15. The summed E-state index contributed by atoms with van der Waals surface area (Å²) < 4.78 is 179. The molecule has 0 saturated carbocycles. The minimum atomic E-state index is -7.62. The molecular formula is C10H6F13NO3S. The van der Waals surface area contributed by atoms with E-state index in [1.54, 1.807) is 0 Å². The molecule has 0 aromatic carbocycles. The topological polar surface area (TPSA) is 46.6 Å². The van der Waals surface area contributed by atoms with Gasteiger partial charge in [-0.15, -0.1) is 0 Å². The Bertz CT molecular complexity index is 645. The molecule has 4 nitrogen and oxygen atoms in total. The summed E-state index contributed by atoms with van der Waals surface area (Å²) in [6.07, 6.45) is -13.7. The summed E-state index contributed by atoms with van der Waals surface area (Å²) >= 11 is 0. The zero-order chi connectivity index (χ0) is 23.1. The maximum Gasteiger partial charge on any atom is 0.483 e. The molecule has 0 aromatic rings. The Balaban J connectivity index is 6.12. The van der Waals surface area contributed by atoms with Gasteiger partial charge in [-0.2, -0.15) is 61.4 Å². The van der Waals surface area contributed by atoms with Gasteiger partial charge in [-0.3, -0.25) is 0 Å². The van der Waals surface area contributed by atoms with Crippen LogP contribution in [0.25, 0.3) is 0 Å². The van der Waals surface area contributed by atoms with Crippen molar-refractivity contribution in [1.82, 2.24) is 4.31 Å². The molecule has 0 bridgehead atoms. The van der Waals surface area contributed by atoms with Gasteiger partial charge in [0.2, 0.25) is 0 Å². The lowest BCUT2D eigenvalue weighted by Crippen LogP contribution is -2.66. The molecule has 0 spiro atoms. The lowest BCUT2D eigenvalue weighted by molar-refractivity contribution is -0.383. The first-order valence-corrected chi connectivity index (χ1v) is 7.10. The van der Waals surface area contributed by atoms with Crippen LogP contribution in [0.15, 0.2) is 12.7 Å². The van der Waals surface area contributed by atoms with Gasteiger partial charge in [-0.1, -0.05) is 6.58 Å². The average Bonchev–Trinajstić information content (AvgIpc) is 2.50. The maximum atomic E-state index is 13.5. The molecule has 0 saturated heterocycles. The lowest BCUT2D eigenvalue weighted by Gasteiger charge is -2.37. The predicted molar refractivity (Wildman–Crippen MR) is 63.0 cm³/mol. The van der Waals surface area contributed by atoms with Crippen molar-refractivity contribution < 1.29 is 70.8 Å². The van der Waals surface area contributed by atoms with Crippen molar-refractivity contribution >= 4 is 17.0 Å². The highest BCUT2D eigenvalue weighted by Gasteiger charge is 2.84. The maximum absolute atomic E-state index is 13.5. The van der Waals surface area contributed by atoms with Gasteiger partial charge in [0.05, 0.1) is 0 Å². The highest BCUT2D eigenvalue weighted by molar-refractivity contribution is 7.83. The zero-order valence-electron chi connectivity index (χ0n) is 12.8. The molecule has 0 rings (SSSR count). The zero-order valence-corrected chi connectivity index (χ0v) is 13.6. The van der Waals surface area contributed by atoms with Gasteiger partial charge >= 0.3 is 41.4 Å². The number of likely N-dealkylation sites (N-methyl/N-ethyl adjacent to an activating group) is 1. The van der Waals surface area contributed by atoms with Gasteiger partial charge in [0, 0.05) is 13.1 Å². The van der Waals surface area contributed by atoms with Gasteiger partial charge in [0.25, 0.3) is 0 Å². The molecule has 0 aliphatic heterocycles. The van der Waals surface area contributed by atoms with Crippen LogP contribution >= 0.6 is 0 Å². The van der Waals surface area contributed by atoms with E-state index >= 15 is 0 Å². The first-order valence-electron chi connectivity index (χ1n) is 5.99. The van der Waals surface area contributed by atoms with E-state index in [4.69, 9.17) is 0 Å². The Morgan fingerprint density at radius 2 is 1.29 bits per heavy atom. The van der Waals surface area contributed by atoms with Gasteiger partial charge in [-0.05, 0) is 0 Å². The van der Waals surface area contributed by atoms with E-state index in [2.05, 4.69) is 11.3 Å². The molecule has 1 atom stereocenters. The first kappa shape index (κ1) is 26.4. The highest BCUT2D eigenvalue weighted by Crippen LogP contribution is 2.55. The molecule has 18 heteroatoms. The highest BCUT2D eigenvalue weighted by atomic mass is 32.2. The Morgan fingerprint density at radius 3 is 1.61 bits per heavy atom. The molecule has 0 heterocycles. The SMILES string of the molecule is C=CC(=O)OC(F)(F)C(F)(F)N(C)S(=O)C(F)(F)C(F)(F)C(F)(F)C(F)(F)F. The van der Waals surface area contributed by atoms with Crippen molar-refractivity contribution in [2.45, 2.75) is 35.4 Å². The number of carbonyl (C=O) groups is 1. The van der Waals surface area contributed by atoms with Crippen molar-refractivity contribution in [3.8, 4) is 0 Å². The molecule has 28 heavy (non-hydrogen) atoms. The summed E-state index contributed by atoms with van der Waals surface area (Å²) in [6, 6.07) is -6.34. The Kier molecular flexibility index (Phi) is 6.93. The fourth-order valence-corrected chi connectivity index (χ4v) is 2.17. The van der Waals surface area contributed by atoms with Crippen molar-refractivity contribution in [3.05, 3.63) is 12.7 Å². The summed E-state index contributed by atoms with van der Waals surface area (Å²) in [7, 11) is -6.36. The van der Waals surface area contributed by atoms with Crippen LogP contribution in [0.5, 0.6) is 0 Å². The minimum absolute atomic E-state index is 0.145. The molecule has 0 N–H and O–H groups in total. The van der Waals surface area contributed by atoms with E-state index in [0.29, 0.717) is 0 Å². The largest absolute Gasteiger partial charge is 0.483 e. The average molecular weight is 467 g/mol. The van der Waals surface area contributed by atoms with Gasteiger partial charge in [0.1, 0.15) is 0 Å². The van der Waals surface area contributed by atoms with E-state index in [1.807, 2.05) is 0 Å². The minimum Gasteiger partial charge on any atom is -0.392 e. The Morgan fingerprint density at radius 1 is 0.893 bits per heavy atom. The number of carbonyl (C=O) groups excluding carboxylic acids is 1. The van der Waals surface area contributed by atoms with E-state index in [9.17, 15) is 66.1 Å². The molecule has 0 aliphatic rings. The fraction of sp³-hybridized carbons (Fsp3) is 0.700. The van der Waals surface area contributed by atoms with Crippen molar-refractivity contribution in [2.24, 2.45) is 0 Å². The Hall–Kier alpha value is -1.59. The molecular weight excluding hydrogens is 461 g/mol. The van der Waals surface area contributed by atoms with Crippen molar-refractivity contribution in [2.75, 3.05) is 7.05 Å². The third kappa shape index (κ3) is 4.06. The van der Waals surface area contributed by atoms with E-state index in [-0.39, 0.29) is 6.08 Å². The molecule has 0 amide bonds. The van der Waals surface area contributed by atoms with Crippen LogP contribution in [0, 0.1) is 0 Å². The van der Waals surface area contributed by atoms with Crippen LogP contribution in [-0.2, 0) is 20.5 Å². The number of rotatable bonds is 8. The lowest BCUT2D eigenvalue weighted by atomic mass is 10.1. The van der Waals surface area contributed by atoms with Crippen LogP contribution in [0.4, 0.5) is 57.1 Å². The van der Waals surface area contributed by atoms with Gasteiger partial charge in [0.15, 0.2) is 11.0 Å². The molecule has 0 fully saturated rings. The second kappa shape index (κ2) is 7.34. The molecule has 166 valence electrons. The number of halogens is 13. The Labute approximate surface area is 148 Å². The van der Waals surface area contributed by atoms with E-state index < -0.39 is 63.7 Å². The molecule has 0 aromatic heterocycles. The summed E-state index contributed by atoms with van der Waals surface area (Å²) in [6.45, 7) is 2.49. The number of alkyl halides is 13. The number of esters is 1. The van der Waals surface area contributed by atoms with E-state index in [1.165, 1.54) is 0 Å². The first-order chi connectivity index (χ1) is 12.0. The van der Waals surface area contributed by atoms with Crippen LogP contribution in [0.1, 0.15) is 0 Å². The number of hydrogen-bond acceptors (Lipinski definition) is 3. The van der Waals surface area contributed by atoms with Crippen LogP contribution < -0.4 is 0 Å².